The number of nitriles is 3. The summed E-state index contributed by atoms with van der Waals surface area (Å²) in [6.07, 6.45) is 2.36. The van der Waals surface area contributed by atoms with Crippen molar-refractivity contribution in [1.82, 2.24) is 19.6 Å². The molecule has 1 aliphatic rings. The zero-order valence-electron chi connectivity index (χ0n) is 38.0. The summed E-state index contributed by atoms with van der Waals surface area (Å²) in [5.41, 5.74) is -5.66. The van der Waals surface area contributed by atoms with Gasteiger partial charge in [-0.05, 0) is 61.3 Å². The smallest absolute Gasteiger partial charge is 0.741 e. The predicted molar refractivity (Wildman–Crippen MR) is 241 cm³/mol. The van der Waals surface area contributed by atoms with Gasteiger partial charge in [-0.1, -0.05) is 121 Å². The van der Waals surface area contributed by atoms with Crippen LogP contribution in [0.4, 0.5) is 26.3 Å². The van der Waals surface area contributed by atoms with E-state index in [4.69, 9.17) is 41.7 Å². The predicted octanol–water partition coefficient (Wildman–Crippen LogP) is 8.48. The minimum absolute atomic E-state index is 0. The maximum atomic E-state index is 10.7. The average molecular weight is 1040 g/mol. The Morgan fingerprint density at radius 2 is 0.574 bits per heavy atom. The van der Waals surface area contributed by atoms with Crippen molar-refractivity contribution in [2.24, 2.45) is 0 Å². The summed E-state index contributed by atoms with van der Waals surface area (Å²) in [5, 5.41) is 22.0. The van der Waals surface area contributed by atoms with E-state index >= 15 is 0 Å². The summed E-state index contributed by atoms with van der Waals surface area (Å²) in [5.74, 6) is 0. The first-order chi connectivity index (χ1) is 31.5. The van der Waals surface area contributed by atoms with E-state index in [9.17, 15) is 26.3 Å². The third-order valence-corrected chi connectivity index (χ3v) is 10.1. The third kappa shape index (κ3) is 32.0. The van der Waals surface area contributed by atoms with Crippen molar-refractivity contribution < 1.29 is 69.4 Å². The molecule has 0 atom stereocenters. The second-order valence-electron chi connectivity index (χ2n) is 14.2. The van der Waals surface area contributed by atoms with Crippen molar-refractivity contribution >= 4 is 20.2 Å². The zero-order valence-corrected chi connectivity index (χ0v) is 40.7. The monoisotopic (exact) mass is 1040 g/mol. The molecule has 0 unspecified atom stereocenters. The van der Waals surface area contributed by atoms with Crippen LogP contribution in [0.3, 0.4) is 0 Å². The van der Waals surface area contributed by atoms with Crippen molar-refractivity contribution in [3.63, 3.8) is 0 Å². The standard InChI is InChI=1S/C38H48N4.3C2H3N.2CHF3O3S.Fe/c1-5-15-35(16-6-1)31-39-23-13-24-41(33-37-19-9-3-10-20-37)29-30-42(34-38-21-11-4-12-22-38)26-14-25-40(28-27-39)32-36-17-7-2-8-18-36;3*1-2-3;2*2-1(3,4)8(5,6)7;/h1-12,15-22H,13-14,23-34H2;3*1H3;2*(H,5,6,7);/q;;;;;;+6/p-2. The normalized spacial score (nSPS) is 14.5. The molecule has 0 aliphatic carbocycles. The van der Waals surface area contributed by atoms with Crippen molar-refractivity contribution in [2.75, 3.05) is 52.4 Å². The summed E-state index contributed by atoms with van der Waals surface area (Å²) < 4.78 is 118. The molecule has 13 nitrogen and oxygen atoms in total. The van der Waals surface area contributed by atoms with Gasteiger partial charge in [-0.15, -0.1) is 0 Å². The molecular formula is C46H57F6FeN7O6S2+4. The number of hydrogen-bond acceptors (Lipinski definition) is 13. The molecule has 1 heterocycles. The third-order valence-electron chi connectivity index (χ3n) is 8.93. The first kappa shape index (κ1) is 65.2. The summed E-state index contributed by atoms with van der Waals surface area (Å²) in [6, 6.07) is 49.3. The van der Waals surface area contributed by atoms with Crippen LogP contribution in [0, 0.1) is 34.0 Å². The van der Waals surface area contributed by atoms with E-state index in [1.54, 1.807) is 18.2 Å². The maximum absolute atomic E-state index is 10.7. The molecule has 1 saturated heterocycles. The Morgan fingerprint density at radius 1 is 0.426 bits per heavy atom. The molecule has 1 aliphatic heterocycles. The first-order valence-electron chi connectivity index (χ1n) is 20.6. The van der Waals surface area contributed by atoms with E-state index in [1.807, 2.05) is 0 Å². The zero-order chi connectivity index (χ0) is 50.8. The molecular weight excluding hydrogens is 981 g/mol. The van der Waals surface area contributed by atoms with Crippen LogP contribution >= 0.6 is 0 Å². The Balaban J connectivity index is 0. The summed E-state index contributed by atoms with van der Waals surface area (Å²) in [6.45, 7) is 17.2. The molecule has 4 aromatic rings. The molecule has 0 radical (unpaired) electrons. The minimum Gasteiger partial charge on any atom is -0.741 e. The van der Waals surface area contributed by atoms with Crippen molar-refractivity contribution in [1.29, 1.82) is 15.8 Å². The van der Waals surface area contributed by atoms with Crippen LogP contribution in [0.15, 0.2) is 121 Å². The largest absolute Gasteiger partial charge is 6.00 e. The van der Waals surface area contributed by atoms with Crippen LogP contribution < -0.4 is 0 Å². The van der Waals surface area contributed by atoms with Crippen LogP contribution in [0.25, 0.3) is 0 Å². The van der Waals surface area contributed by atoms with Crippen LogP contribution in [-0.4, -0.2) is 109 Å². The van der Waals surface area contributed by atoms with Crippen LogP contribution in [0.5, 0.6) is 0 Å². The second kappa shape index (κ2) is 36.1. The Hall–Kier alpha value is -4.89. The summed E-state index contributed by atoms with van der Waals surface area (Å²) in [7, 11) is -12.2. The Labute approximate surface area is 408 Å². The Morgan fingerprint density at radius 3 is 0.706 bits per heavy atom. The van der Waals surface area contributed by atoms with Gasteiger partial charge in [-0.3, -0.25) is 19.6 Å². The molecule has 0 bridgehead atoms. The first-order valence-corrected chi connectivity index (χ1v) is 23.4. The number of rotatable bonds is 8. The van der Waals surface area contributed by atoms with Gasteiger partial charge in [0.1, 0.15) is 0 Å². The van der Waals surface area contributed by atoms with Gasteiger partial charge in [-0.25, -0.2) is 16.8 Å². The molecule has 68 heavy (non-hydrogen) atoms. The number of nitrogens with zero attached hydrogens (tertiary/aromatic N) is 7. The van der Waals surface area contributed by atoms with Crippen LogP contribution in [0.2, 0.25) is 0 Å². The van der Waals surface area contributed by atoms with Gasteiger partial charge in [0.25, 0.3) is 0 Å². The molecule has 0 spiro atoms. The van der Waals surface area contributed by atoms with Gasteiger partial charge in [0.05, 0.1) is 18.2 Å². The molecule has 0 aromatic heterocycles. The number of alkyl halides is 6. The molecule has 1 fully saturated rings. The van der Waals surface area contributed by atoms with Crippen LogP contribution in [0.1, 0.15) is 55.9 Å². The van der Waals surface area contributed by atoms with Crippen LogP contribution in [-0.2, 0) is 63.5 Å². The van der Waals surface area contributed by atoms with Crippen molar-refractivity contribution in [2.45, 2.75) is 70.8 Å². The van der Waals surface area contributed by atoms with E-state index < -0.39 is 31.3 Å². The van der Waals surface area contributed by atoms with Gasteiger partial charge in [0, 0.05) is 73.1 Å². The van der Waals surface area contributed by atoms with Gasteiger partial charge in [0.15, 0.2) is 20.2 Å². The van der Waals surface area contributed by atoms with E-state index in [2.05, 4.69) is 141 Å². The molecule has 0 N–H and O–H groups in total. The Kier molecular flexibility index (Phi) is 34.6. The maximum Gasteiger partial charge on any atom is 6.00 e. The molecule has 0 amide bonds. The van der Waals surface area contributed by atoms with E-state index in [0.29, 0.717) is 0 Å². The Bertz CT molecular complexity index is 1980. The van der Waals surface area contributed by atoms with Crippen molar-refractivity contribution in [3.8, 4) is 18.2 Å². The molecule has 22 heteroatoms. The SMILES string of the molecule is CC#N.CC#N.CC#N.O=S(=O)([O-])C(F)(F)F.O=S(=O)([O-])C(F)(F)F.[Fe+6].c1ccc(CN2CCCN(Cc3ccccc3)CCN(Cc3ccccc3)CCCN(Cc3ccccc3)CC2)cc1. The fourth-order valence-corrected chi connectivity index (χ4v) is 6.05. The van der Waals surface area contributed by atoms with Crippen molar-refractivity contribution in [3.05, 3.63) is 144 Å². The van der Waals surface area contributed by atoms with E-state index in [1.165, 1.54) is 55.9 Å². The second-order valence-corrected chi connectivity index (χ2v) is 17.0. The molecule has 4 aromatic carbocycles. The fourth-order valence-electron chi connectivity index (χ4n) is 6.05. The summed E-state index contributed by atoms with van der Waals surface area (Å²) >= 11 is 0. The number of halogens is 6. The fraction of sp³-hybridized carbons (Fsp3) is 0.413. The van der Waals surface area contributed by atoms with Gasteiger partial charge < -0.3 is 9.11 Å². The molecule has 370 valence electrons. The number of benzene rings is 4. The van der Waals surface area contributed by atoms with E-state index in [-0.39, 0.29) is 17.1 Å². The van der Waals surface area contributed by atoms with E-state index in [0.717, 1.165) is 78.5 Å². The van der Waals surface area contributed by atoms with Gasteiger partial charge >= 0.3 is 28.1 Å². The summed E-state index contributed by atoms with van der Waals surface area (Å²) in [4.78, 5) is 10.7. The molecule has 0 saturated carbocycles. The topological polar surface area (TPSA) is 199 Å². The molecule has 5 rings (SSSR count). The van der Waals surface area contributed by atoms with Gasteiger partial charge in [0.2, 0.25) is 0 Å². The number of hydrogen-bond donors (Lipinski definition) is 0. The minimum atomic E-state index is -6.09. The average Bonchev–Trinajstić information content (AvgIpc) is 3.25. The quantitative estimate of drug-likeness (QED) is 0.0705. The van der Waals surface area contributed by atoms with Gasteiger partial charge in [-0.2, -0.15) is 42.1 Å².